The molecule has 2 rings (SSSR count). The SMILES string of the molecule is COc1cc([C@@H]2C[C@H]2CN)ccc1[N+](=O)[O-]. The van der Waals surface area contributed by atoms with Crippen molar-refractivity contribution < 1.29 is 9.66 Å². The maximum Gasteiger partial charge on any atom is 0.310 e. The number of benzene rings is 1. The van der Waals surface area contributed by atoms with Gasteiger partial charge in [0.25, 0.3) is 0 Å². The highest BCUT2D eigenvalue weighted by Gasteiger charge is 2.37. The molecule has 5 nitrogen and oxygen atoms in total. The molecule has 0 bridgehead atoms. The van der Waals surface area contributed by atoms with Gasteiger partial charge in [-0.25, -0.2) is 0 Å². The monoisotopic (exact) mass is 222 g/mol. The van der Waals surface area contributed by atoms with E-state index in [4.69, 9.17) is 10.5 Å². The van der Waals surface area contributed by atoms with Crippen molar-refractivity contribution in [1.82, 2.24) is 0 Å². The van der Waals surface area contributed by atoms with Gasteiger partial charge in [0.05, 0.1) is 12.0 Å². The molecule has 0 unspecified atom stereocenters. The first-order valence-electron chi connectivity index (χ1n) is 5.19. The Morgan fingerprint density at radius 3 is 2.88 bits per heavy atom. The van der Waals surface area contributed by atoms with Crippen LogP contribution in [0.1, 0.15) is 17.9 Å². The summed E-state index contributed by atoms with van der Waals surface area (Å²) in [5.41, 5.74) is 6.66. The lowest BCUT2D eigenvalue weighted by atomic mass is 10.1. The van der Waals surface area contributed by atoms with Crippen LogP contribution in [-0.4, -0.2) is 18.6 Å². The summed E-state index contributed by atoms with van der Waals surface area (Å²) in [5.74, 6) is 1.29. The third kappa shape index (κ3) is 1.86. The molecule has 1 aromatic carbocycles. The average Bonchev–Trinajstić information content (AvgIpc) is 3.07. The zero-order chi connectivity index (χ0) is 11.7. The van der Waals surface area contributed by atoms with Crippen molar-refractivity contribution in [3.63, 3.8) is 0 Å². The molecule has 0 radical (unpaired) electrons. The van der Waals surface area contributed by atoms with Crippen molar-refractivity contribution in [3.05, 3.63) is 33.9 Å². The van der Waals surface area contributed by atoms with Crippen LogP contribution in [0.3, 0.4) is 0 Å². The molecule has 0 aliphatic heterocycles. The van der Waals surface area contributed by atoms with Gasteiger partial charge in [-0.05, 0) is 36.4 Å². The standard InChI is InChI=1S/C11H14N2O3/c1-16-11-5-7(9-4-8(9)6-12)2-3-10(11)13(14)15/h2-3,5,8-9H,4,6,12H2,1H3/t8-,9-/m0/s1. The molecule has 1 aliphatic carbocycles. The van der Waals surface area contributed by atoms with E-state index in [1.54, 1.807) is 12.1 Å². The molecule has 0 amide bonds. The van der Waals surface area contributed by atoms with Crippen molar-refractivity contribution in [2.45, 2.75) is 12.3 Å². The number of nitro benzene ring substituents is 1. The number of methoxy groups -OCH3 is 1. The van der Waals surface area contributed by atoms with Crippen molar-refractivity contribution in [2.24, 2.45) is 11.7 Å². The molecule has 1 saturated carbocycles. The minimum absolute atomic E-state index is 0.0104. The molecule has 1 aromatic rings. The lowest BCUT2D eigenvalue weighted by Crippen LogP contribution is -2.02. The Labute approximate surface area is 93.4 Å². The Morgan fingerprint density at radius 2 is 2.38 bits per heavy atom. The number of rotatable bonds is 4. The zero-order valence-electron chi connectivity index (χ0n) is 9.05. The molecule has 0 saturated heterocycles. The molecule has 1 aliphatic rings. The summed E-state index contributed by atoms with van der Waals surface area (Å²) >= 11 is 0. The topological polar surface area (TPSA) is 78.4 Å². The Hall–Kier alpha value is -1.62. The second-order valence-corrected chi connectivity index (χ2v) is 4.03. The predicted molar refractivity (Wildman–Crippen MR) is 59.6 cm³/mol. The van der Waals surface area contributed by atoms with E-state index in [1.165, 1.54) is 13.2 Å². The molecular weight excluding hydrogens is 208 g/mol. The van der Waals surface area contributed by atoms with E-state index in [9.17, 15) is 10.1 Å². The third-order valence-electron chi connectivity index (χ3n) is 3.05. The van der Waals surface area contributed by atoms with Gasteiger partial charge in [0.2, 0.25) is 0 Å². The number of nitro groups is 1. The summed E-state index contributed by atoms with van der Waals surface area (Å²) in [4.78, 5) is 10.3. The fourth-order valence-electron chi connectivity index (χ4n) is 1.99. The molecular formula is C11H14N2O3. The van der Waals surface area contributed by atoms with Crippen LogP contribution in [-0.2, 0) is 0 Å². The van der Waals surface area contributed by atoms with Crippen LogP contribution in [0, 0.1) is 16.0 Å². The van der Waals surface area contributed by atoms with Crippen LogP contribution in [0.5, 0.6) is 5.75 Å². The number of nitrogens with two attached hydrogens (primary N) is 1. The van der Waals surface area contributed by atoms with Gasteiger partial charge in [-0.15, -0.1) is 0 Å². The highest BCUT2D eigenvalue weighted by atomic mass is 16.6. The summed E-state index contributed by atoms with van der Waals surface area (Å²) in [6.45, 7) is 0.671. The van der Waals surface area contributed by atoms with E-state index >= 15 is 0 Å². The van der Waals surface area contributed by atoms with Gasteiger partial charge in [-0.3, -0.25) is 10.1 Å². The van der Waals surface area contributed by atoms with E-state index in [1.807, 2.05) is 0 Å². The first kappa shape index (κ1) is 10.9. The highest BCUT2D eigenvalue weighted by molar-refractivity contribution is 5.50. The minimum atomic E-state index is -0.435. The fraction of sp³-hybridized carbons (Fsp3) is 0.455. The molecule has 2 N–H and O–H groups in total. The quantitative estimate of drug-likeness (QED) is 0.620. The van der Waals surface area contributed by atoms with Crippen LogP contribution >= 0.6 is 0 Å². The maximum atomic E-state index is 10.7. The summed E-state index contributed by atoms with van der Waals surface area (Å²) in [5, 5.41) is 10.7. The molecule has 1 fully saturated rings. The van der Waals surface area contributed by atoms with Gasteiger partial charge in [0, 0.05) is 6.07 Å². The molecule has 16 heavy (non-hydrogen) atoms. The van der Waals surface area contributed by atoms with E-state index in [0.29, 0.717) is 24.1 Å². The van der Waals surface area contributed by atoms with Gasteiger partial charge in [-0.1, -0.05) is 6.07 Å². The maximum absolute atomic E-state index is 10.7. The summed E-state index contributed by atoms with van der Waals surface area (Å²) in [6.07, 6.45) is 1.07. The summed E-state index contributed by atoms with van der Waals surface area (Å²) in [6, 6.07) is 5.04. The van der Waals surface area contributed by atoms with Crippen molar-refractivity contribution >= 4 is 5.69 Å². The Balaban J connectivity index is 2.27. The van der Waals surface area contributed by atoms with Gasteiger partial charge >= 0.3 is 5.69 Å². The zero-order valence-corrected chi connectivity index (χ0v) is 9.05. The fourth-order valence-corrected chi connectivity index (χ4v) is 1.99. The van der Waals surface area contributed by atoms with Gasteiger partial charge in [0.1, 0.15) is 0 Å². The van der Waals surface area contributed by atoms with Gasteiger partial charge in [-0.2, -0.15) is 0 Å². The lowest BCUT2D eigenvalue weighted by molar-refractivity contribution is -0.385. The molecule has 5 heteroatoms. The second-order valence-electron chi connectivity index (χ2n) is 4.03. The van der Waals surface area contributed by atoms with Crippen LogP contribution in [0.4, 0.5) is 5.69 Å². The lowest BCUT2D eigenvalue weighted by Gasteiger charge is -2.04. The van der Waals surface area contributed by atoms with Gasteiger partial charge in [0.15, 0.2) is 5.75 Å². The Kier molecular flexibility index (Phi) is 2.78. The first-order valence-corrected chi connectivity index (χ1v) is 5.19. The number of hydrogen-bond acceptors (Lipinski definition) is 4. The van der Waals surface area contributed by atoms with E-state index in [-0.39, 0.29) is 5.69 Å². The summed E-state index contributed by atoms with van der Waals surface area (Å²) < 4.78 is 5.02. The minimum Gasteiger partial charge on any atom is -0.490 e. The van der Waals surface area contributed by atoms with E-state index in [0.717, 1.165) is 12.0 Å². The third-order valence-corrected chi connectivity index (χ3v) is 3.05. The average molecular weight is 222 g/mol. The smallest absolute Gasteiger partial charge is 0.310 e. The molecule has 0 heterocycles. The van der Waals surface area contributed by atoms with Crippen molar-refractivity contribution in [2.75, 3.05) is 13.7 Å². The number of ether oxygens (including phenoxy) is 1. The largest absolute Gasteiger partial charge is 0.490 e. The van der Waals surface area contributed by atoms with E-state index < -0.39 is 4.92 Å². The van der Waals surface area contributed by atoms with Crippen LogP contribution in [0.15, 0.2) is 18.2 Å². The molecule has 2 atom stereocenters. The van der Waals surface area contributed by atoms with Crippen LogP contribution in [0.2, 0.25) is 0 Å². The van der Waals surface area contributed by atoms with Crippen LogP contribution < -0.4 is 10.5 Å². The Bertz CT molecular complexity index is 420. The van der Waals surface area contributed by atoms with Gasteiger partial charge < -0.3 is 10.5 Å². The molecule has 0 aromatic heterocycles. The normalized spacial score (nSPS) is 22.9. The van der Waals surface area contributed by atoms with E-state index in [2.05, 4.69) is 0 Å². The second kappa shape index (κ2) is 4.09. The number of nitrogens with zero attached hydrogens (tertiary/aromatic N) is 1. The predicted octanol–water partition coefficient (Wildman–Crippen LogP) is 1.67. The summed E-state index contributed by atoms with van der Waals surface area (Å²) in [7, 11) is 1.44. The molecule has 86 valence electrons. The Morgan fingerprint density at radius 1 is 1.62 bits per heavy atom. The molecule has 0 spiro atoms. The van der Waals surface area contributed by atoms with Crippen molar-refractivity contribution in [1.29, 1.82) is 0 Å². The van der Waals surface area contributed by atoms with Crippen molar-refractivity contribution in [3.8, 4) is 5.75 Å². The highest BCUT2D eigenvalue weighted by Crippen LogP contribution is 2.48. The van der Waals surface area contributed by atoms with Crippen LogP contribution in [0.25, 0.3) is 0 Å². The number of hydrogen-bond donors (Lipinski definition) is 1. The first-order chi connectivity index (χ1) is 7.67.